The number of hydrogen-bond donors (Lipinski definition) is 1. The normalized spacial score (nSPS) is 17.1. The fourth-order valence-corrected chi connectivity index (χ4v) is 5.09. The van der Waals surface area contributed by atoms with Crippen LogP contribution in [0.3, 0.4) is 0 Å². The highest BCUT2D eigenvalue weighted by Gasteiger charge is 2.32. The van der Waals surface area contributed by atoms with Crippen LogP contribution in [0.15, 0.2) is 53.9 Å². The van der Waals surface area contributed by atoms with Crippen LogP contribution in [-0.2, 0) is 17.8 Å². The van der Waals surface area contributed by atoms with E-state index in [0.29, 0.717) is 17.9 Å². The number of halogens is 1. The van der Waals surface area contributed by atoms with E-state index in [0.717, 1.165) is 24.3 Å². The smallest absolute Gasteiger partial charge is 0.161 e. The molecule has 0 bridgehead atoms. The molecule has 4 rings (SSSR count). The number of benzene rings is 2. The molecular formula is C25H28FNO4S. The molecule has 0 aliphatic carbocycles. The van der Waals surface area contributed by atoms with Crippen molar-refractivity contribution in [1.82, 2.24) is 4.90 Å². The molecule has 2 aromatic carbocycles. The van der Waals surface area contributed by atoms with Gasteiger partial charge in [0.15, 0.2) is 11.5 Å². The van der Waals surface area contributed by atoms with Gasteiger partial charge in [0.25, 0.3) is 0 Å². The number of aliphatic hydroxyl groups is 1. The molecule has 1 aromatic heterocycles. The van der Waals surface area contributed by atoms with E-state index in [2.05, 4.69) is 22.4 Å². The van der Waals surface area contributed by atoms with Gasteiger partial charge in [0, 0.05) is 23.5 Å². The fraction of sp³-hybridized carbons (Fsp3) is 0.360. The number of nitrogens with zero attached hydrogens (tertiary/aromatic N) is 1. The summed E-state index contributed by atoms with van der Waals surface area (Å²) in [6, 6.07) is 14.8. The zero-order valence-corrected chi connectivity index (χ0v) is 19.1. The number of thiophene rings is 1. The van der Waals surface area contributed by atoms with Crippen molar-refractivity contribution in [3.63, 3.8) is 0 Å². The zero-order valence-electron chi connectivity index (χ0n) is 18.3. The molecule has 7 heteroatoms. The molecule has 1 aliphatic heterocycles. The van der Waals surface area contributed by atoms with Gasteiger partial charge in [-0.25, -0.2) is 4.39 Å². The van der Waals surface area contributed by atoms with E-state index >= 15 is 0 Å². The summed E-state index contributed by atoms with van der Waals surface area (Å²) in [4.78, 5) is 3.48. The predicted molar refractivity (Wildman–Crippen MR) is 123 cm³/mol. The number of methoxy groups -OCH3 is 2. The molecule has 32 heavy (non-hydrogen) atoms. The molecule has 0 fully saturated rings. The summed E-state index contributed by atoms with van der Waals surface area (Å²) in [5.41, 5.74) is 2.88. The Morgan fingerprint density at radius 3 is 2.62 bits per heavy atom. The van der Waals surface area contributed by atoms with Gasteiger partial charge in [0.05, 0.1) is 39.6 Å². The van der Waals surface area contributed by atoms with Crippen molar-refractivity contribution < 1.29 is 23.7 Å². The van der Waals surface area contributed by atoms with Gasteiger partial charge in [-0.2, -0.15) is 0 Å². The number of ether oxygens (including phenoxy) is 3. The van der Waals surface area contributed by atoms with Gasteiger partial charge in [-0.05, 0) is 47.2 Å². The number of fused-ring (bicyclic) bond motifs is 1. The number of β-amino-alcohol motifs (C(OH)–C–C–N with tert-alkyl or cyclic N) is 1. The van der Waals surface area contributed by atoms with E-state index in [1.807, 2.05) is 12.1 Å². The van der Waals surface area contributed by atoms with Crippen LogP contribution in [0.2, 0.25) is 0 Å². The van der Waals surface area contributed by atoms with E-state index < -0.39 is 6.10 Å². The third kappa shape index (κ3) is 4.96. The van der Waals surface area contributed by atoms with Crippen molar-refractivity contribution in [2.75, 3.05) is 33.9 Å². The molecule has 170 valence electrons. The Labute approximate surface area is 192 Å². The molecule has 1 aliphatic rings. The van der Waals surface area contributed by atoms with Crippen LogP contribution in [-0.4, -0.2) is 50.0 Å². The lowest BCUT2D eigenvalue weighted by molar-refractivity contribution is 0.00332. The van der Waals surface area contributed by atoms with Crippen molar-refractivity contribution in [3.05, 3.63) is 81.3 Å². The van der Waals surface area contributed by atoms with Crippen molar-refractivity contribution in [3.8, 4) is 11.5 Å². The van der Waals surface area contributed by atoms with E-state index in [9.17, 15) is 9.50 Å². The van der Waals surface area contributed by atoms with Gasteiger partial charge < -0.3 is 19.3 Å². The summed E-state index contributed by atoms with van der Waals surface area (Å²) < 4.78 is 30.4. The summed E-state index contributed by atoms with van der Waals surface area (Å²) >= 11 is 1.70. The Kier molecular flexibility index (Phi) is 7.42. The molecule has 0 amide bonds. The largest absolute Gasteiger partial charge is 0.493 e. The molecule has 1 N–H and O–H groups in total. The maximum Gasteiger partial charge on any atom is 0.161 e. The van der Waals surface area contributed by atoms with Crippen LogP contribution in [0, 0.1) is 5.82 Å². The van der Waals surface area contributed by atoms with Gasteiger partial charge >= 0.3 is 0 Å². The van der Waals surface area contributed by atoms with Crippen LogP contribution in [0.1, 0.15) is 27.6 Å². The molecule has 0 saturated carbocycles. The van der Waals surface area contributed by atoms with Crippen LogP contribution in [0.25, 0.3) is 0 Å². The third-order valence-corrected chi connectivity index (χ3v) is 6.68. The minimum atomic E-state index is -0.689. The van der Waals surface area contributed by atoms with E-state index in [4.69, 9.17) is 14.2 Å². The number of hydrogen-bond acceptors (Lipinski definition) is 6. The second kappa shape index (κ2) is 10.4. The first-order chi connectivity index (χ1) is 15.6. The Morgan fingerprint density at radius 1 is 1.12 bits per heavy atom. The second-order valence-corrected chi connectivity index (χ2v) is 8.81. The van der Waals surface area contributed by atoms with Crippen molar-refractivity contribution >= 4 is 11.3 Å². The van der Waals surface area contributed by atoms with E-state index in [1.165, 1.54) is 16.5 Å². The first-order valence-corrected chi connectivity index (χ1v) is 11.5. The van der Waals surface area contributed by atoms with Crippen molar-refractivity contribution in [2.24, 2.45) is 0 Å². The maximum atomic E-state index is 13.8. The van der Waals surface area contributed by atoms with Gasteiger partial charge in [0.1, 0.15) is 5.82 Å². The average Bonchev–Trinajstić information content (AvgIpc) is 3.33. The highest BCUT2D eigenvalue weighted by Crippen LogP contribution is 2.42. The monoisotopic (exact) mass is 457 g/mol. The molecule has 2 unspecified atom stereocenters. The van der Waals surface area contributed by atoms with Crippen molar-refractivity contribution in [2.45, 2.75) is 25.2 Å². The van der Waals surface area contributed by atoms with Gasteiger partial charge in [-0.1, -0.05) is 24.3 Å². The first-order valence-electron chi connectivity index (χ1n) is 10.6. The minimum absolute atomic E-state index is 0.0137. The van der Waals surface area contributed by atoms with Crippen LogP contribution < -0.4 is 9.47 Å². The average molecular weight is 458 g/mol. The summed E-state index contributed by atoms with van der Waals surface area (Å²) in [6.45, 7) is 1.53. The Bertz CT molecular complexity index is 1030. The topological polar surface area (TPSA) is 51.2 Å². The molecule has 5 nitrogen and oxygen atoms in total. The van der Waals surface area contributed by atoms with Crippen LogP contribution in [0.5, 0.6) is 11.5 Å². The van der Waals surface area contributed by atoms with Crippen molar-refractivity contribution in [1.29, 1.82) is 0 Å². The lowest BCUT2D eigenvalue weighted by Crippen LogP contribution is -2.41. The molecule has 0 saturated heterocycles. The molecule has 2 atom stereocenters. The third-order valence-electron chi connectivity index (χ3n) is 5.76. The number of aliphatic hydroxyl groups excluding tert-OH is 1. The van der Waals surface area contributed by atoms with E-state index in [-0.39, 0.29) is 25.1 Å². The summed E-state index contributed by atoms with van der Waals surface area (Å²) in [5.74, 6) is 1.13. The molecule has 0 radical (unpaired) electrons. The summed E-state index contributed by atoms with van der Waals surface area (Å²) in [5, 5.41) is 12.8. The Balaban J connectivity index is 1.49. The lowest BCUT2D eigenvalue weighted by atomic mass is 9.90. The van der Waals surface area contributed by atoms with Gasteiger partial charge in [0.2, 0.25) is 0 Å². The Hall–Kier alpha value is -2.45. The fourth-order valence-electron chi connectivity index (χ4n) is 4.22. The quantitative estimate of drug-likeness (QED) is 0.515. The zero-order chi connectivity index (χ0) is 22.5. The molecule has 3 aromatic rings. The maximum absolute atomic E-state index is 13.8. The highest BCUT2D eigenvalue weighted by atomic mass is 32.1. The highest BCUT2D eigenvalue weighted by molar-refractivity contribution is 7.10. The van der Waals surface area contributed by atoms with Crippen LogP contribution in [0.4, 0.5) is 4.39 Å². The minimum Gasteiger partial charge on any atom is -0.493 e. The number of rotatable bonds is 9. The first kappa shape index (κ1) is 22.7. The van der Waals surface area contributed by atoms with Crippen LogP contribution >= 0.6 is 11.3 Å². The Morgan fingerprint density at radius 2 is 1.91 bits per heavy atom. The summed E-state index contributed by atoms with van der Waals surface area (Å²) in [7, 11) is 3.29. The molecular weight excluding hydrogens is 429 g/mol. The summed E-state index contributed by atoms with van der Waals surface area (Å²) in [6.07, 6.45) is 0.159. The van der Waals surface area contributed by atoms with Gasteiger partial charge in [-0.15, -0.1) is 11.3 Å². The predicted octanol–water partition coefficient (Wildman–Crippen LogP) is 4.43. The second-order valence-electron chi connectivity index (χ2n) is 7.83. The molecule has 2 heterocycles. The van der Waals surface area contributed by atoms with E-state index in [1.54, 1.807) is 43.8 Å². The standard InChI is InChI=1S/C25H28FNO4S/c1-29-22-12-17-9-10-27(14-19(28)16-31-15-18-6-3-4-7-21(18)26)25(24-8-5-11-32-24)20(17)13-23(22)30-2/h3-8,11-13,19,25,28H,9-10,14-16H2,1-2H3. The van der Waals surface area contributed by atoms with Gasteiger partial charge in [-0.3, -0.25) is 4.90 Å². The molecule has 0 spiro atoms. The lowest BCUT2D eigenvalue weighted by Gasteiger charge is -2.38. The SMILES string of the molecule is COc1cc2c(cc1OC)C(c1cccs1)N(CC(O)COCc1ccccc1F)CC2.